The number of amides is 1. The van der Waals surface area contributed by atoms with Gasteiger partial charge in [0.15, 0.2) is 0 Å². The highest BCUT2D eigenvalue weighted by atomic mass is 35.5. The summed E-state index contributed by atoms with van der Waals surface area (Å²) in [6.07, 6.45) is 4.79. The maximum atomic E-state index is 13.2. The summed E-state index contributed by atoms with van der Waals surface area (Å²) in [6, 6.07) is 12.5. The Morgan fingerprint density at radius 1 is 1.20 bits per heavy atom. The average molecular weight is 448 g/mol. The maximum Gasteiger partial charge on any atom is 0.241 e. The van der Waals surface area contributed by atoms with Crippen molar-refractivity contribution in [3.05, 3.63) is 58.6 Å². The molecule has 1 unspecified atom stereocenters. The highest BCUT2D eigenvalue weighted by Crippen LogP contribution is 2.39. The summed E-state index contributed by atoms with van der Waals surface area (Å²) in [5.74, 6) is -0.0233. The van der Waals surface area contributed by atoms with Gasteiger partial charge in [-0.15, -0.1) is 0 Å². The average Bonchev–Trinajstić information content (AvgIpc) is 3.30. The molecule has 1 fully saturated rings. The third-order valence-corrected chi connectivity index (χ3v) is 7.46. The third kappa shape index (κ3) is 3.99. The fourth-order valence-corrected chi connectivity index (χ4v) is 5.50. The van der Waals surface area contributed by atoms with Gasteiger partial charge in [0, 0.05) is 22.3 Å². The Hall–Kier alpha value is -1.93. The number of nitrogens with one attached hydrogen (secondary N) is 1. The van der Waals surface area contributed by atoms with E-state index >= 15 is 0 Å². The van der Waals surface area contributed by atoms with E-state index in [9.17, 15) is 13.2 Å². The second-order valence-electron chi connectivity index (χ2n) is 8.30. The van der Waals surface area contributed by atoms with Crippen LogP contribution in [0.4, 0.5) is 5.69 Å². The maximum absolute atomic E-state index is 13.2. The molecule has 30 heavy (non-hydrogen) atoms. The molecule has 0 aromatic heterocycles. The topological polar surface area (TPSA) is 92.5 Å². The lowest BCUT2D eigenvalue weighted by molar-refractivity contribution is -0.118. The molecule has 2 aromatic carbocycles. The van der Waals surface area contributed by atoms with Crippen LogP contribution in [-0.2, 0) is 26.8 Å². The number of sulfonamides is 1. The highest BCUT2D eigenvalue weighted by Gasteiger charge is 2.37. The summed E-state index contributed by atoms with van der Waals surface area (Å²) in [7, 11) is -3.77. The van der Waals surface area contributed by atoms with E-state index in [1.54, 1.807) is 17.0 Å². The first-order valence-electron chi connectivity index (χ1n) is 10.2. The molecule has 1 aliphatic carbocycles. The normalized spacial score (nSPS) is 20.4. The van der Waals surface area contributed by atoms with Gasteiger partial charge in [-0.25, -0.2) is 13.6 Å². The summed E-state index contributed by atoms with van der Waals surface area (Å²) >= 11 is 6.05. The molecular formula is C22H26ClN3O3S. The van der Waals surface area contributed by atoms with E-state index in [1.165, 1.54) is 6.07 Å². The lowest BCUT2D eigenvalue weighted by Gasteiger charge is -2.32. The van der Waals surface area contributed by atoms with Crippen molar-refractivity contribution in [3.8, 4) is 0 Å². The first-order valence-corrected chi connectivity index (χ1v) is 12.1. The summed E-state index contributed by atoms with van der Waals surface area (Å²) in [4.78, 5) is 15.0. The summed E-state index contributed by atoms with van der Waals surface area (Å²) in [6.45, 7) is 2.18. The molecular weight excluding hydrogens is 422 g/mol. The molecule has 1 aliphatic heterocycles. The van der Waals surface area contributed by atoms with Crippen LogP contribution < -0.4 is 15.4 Å². The van der Waals surface area contributed by atoms with Crippen molar-refractivity contribution in [3.63, 3.8) is 0 Å². The van der Waals surface area contributed by atoms with Gasteiger partial charge >= 0.3 is 0 Å². The van der Waals surface area contributed by atoms with Crippen LogP contribution in [0.15, 0.2) is 47.4 Å². The van der Waals surface area contributed by atoms with Gasteiger partial charge in [0.1, 0.15) is 0 Å². The number of carbonyl (C=O) groups is 1. The molecule has 1 atom stereocenters. The second-order valence-corrected chi connectivity index (χ2v) is 10.3. The molecule has 8 heteroatoms. The van der Waals surface area contributed by atoms with Crippen LogP contribution >= 0.6 is 11.6 Å². The van der Waals surface area contributed by atoms with Crippen LogP contribution in [0.1, 0.15) is 43.7 Å². The number of hydrogen-bond acceptors (Lipinski definition) is 4. The van der Waals surface area contributed by atoms with Crippen molar-refractivity contribution in [2.75, 3.05) is 11.4 Å². The predicted molar refractivity (Wildman–Crippen MR) is 118 cm³/mol. The SMILES string of the molecule is CC1Cc2cc(S(N)(=O)=O)ccc2N1C(=O)CNC1(c2ccc(Cl)cc2)CCCC1. The first-order chi connectivity index (χ1) is 14.2. The zero-order valence-electron chi connectivity index (χ0n) is 16.9. The lowest BCUT2D eigenvalue weighted by Crippen LogP contribution is -2.48. The largest absolute Gasteiger partial charge is 0.308 e. The van der Waals surface area contributed by atoms with Gasteiger partial charge in [-0.3, -0.25) is 10.1 Å². The highest BCUT2D eigenvalue weighted by molar-refractivity contribution is 7.89. The van der Waals surface area contributed by atoms with E-state index in [0.717, 1.165) is 42.5 Å². The molecule has 6 nitrogen and oxygen atoms in total. The first kappa shape index (κ1) is 21.3. The molecule has 1 heterocycles. The molecule has 2 aromatic rings. The molecule has 1 amide bonds. The number of nitrogens with two attached hydrogens (primary N) is 1. The number of nitrogens with zero attached hydrogens (tertiary/aromatic N) is 1. The molecule has 0 bridgehead atoms. The fraction of sp³-hybridized carbons (Fsp3) is 0.409. The van der Waals surface area contributed by atoms with Crippen molar-refractivity contribution in [2.24, 2.45) is 5.14 Å². The quantitative estimate of drug-likeness (QED) is 0.735. The zero-order chi connectivity index (χ0) is 21.5. The summed E-state index contributed by atoms with van der Waals surface area (Å²) in [5.41, 5.74) is 2.53. The van der Waals surface area contributed by atoms with Gasteiger partial charge in [0.25, 0.3) is 0 Å². The van der Waals surface area contributed by atoms with E-state index in [0.29, 0.717) is 11.4 Å². The number of halogens is 1. The minimum atomic E-state index is -3.77. The minimum Gasteiger partial charge on any atom is -0.308 e. The number of benzene rings is 2. The Balaban J connectivity index is 1.54. The molecule has 3 N–H and O–H groups in total. The molecule has 4 rings (SSSR count). The van der Waals surface area contributed by atoms with Crippen molar-refractivity contribution in [1.29, 1.82) is 0 Å². The van der Waals surface area contributed by atoms with Crippen LogP contribution in [0.5, 0.6) is 0 Å². The molecule has 1 saturated carbocycles. The Morgan fingerprint density at radius 2 is 1.87 bits per heavy atom. The molecule has 0 spiro atoms. The van der Waals surface area contributed by atoms with Gasteiger partial charge in [-0.1, -0.05) is 36.6 Å². The van der Waals surface area contributed by atoms with E-state index in [2.05, 4.69) is 5.32 Å². The van der Waals surface area contributed by atoms with Crippen LogP contribution in [-0.4, -0.2) is 26.9 Å². The number of hydrogen-bond donors (Lipinski definition) is 2. The molecule has 0 saturated heterocycles. The van der Waals surface area contributed by atoms with Gasteiger partial charge in [0.2, 0.25) is 15.9 Å². The van der Waals surface area contributed by atoms with Gasteiger partial charge in [-0.2, -0.15) is 0 Å². The fourth-order valence-electron chi connectivity index (χ4n) is 4.81. The monoisotopic (exact) mass is 447 g/mol. The van der Waals surface area contributed by atoms with E-state index in [1.807, 2.05) is 31.2 Å². The number of fused-ring (bicyclic) bond motifs is 1. The van der Waals surface area contributed by atoms with Gasteiger partial charge < -0.3 is 4.90 Å². The molecule has 160 valence electrons. The zero-order valence-corrected chi connectivity index (χ0v) is 18.5. The Bertz CT molecular complexity index is 1060. The van der Waals surface area contributed by atoms with E-state index in [4.69, 9.17) is 16.7 Å². The van der Waals surface area contributed by atoms with Crippen LogP contribution in [0.25, 0.3) is 0 Å². The molecule has 0 radical (unpaired) electrons. The van der Waals surface area contributed by atoms with Gasteiger partial charge in [0.05, 0.1) is 11.4 Å². The van der Waals surface area contributed by atoms with E-state index < -0.39 is 10.0 Å². The van der Waals surface area contributed by atoms with Crippen LogP contribution in [0.3, 0.4) is 0 Å². The van der Waals surface area contributed by atoms with Crippen LogP contribution in [0, 0.1) is 0 Å². The Morgan fingerprint density at radius 3 is 2.50 bits per heavy atom. The summed E-state index contributed by atoms with van der Waals surface area (Å²) in [5, 5.41) is 9.49. The number of carbonyl (C=O) groups excluding carboxylic acids is 1. The van der Waals surface area contributed by atoms with Crippen molar-refractivity contribution in [1.82, 2.24) is 5.32 Å². The Labute approximate surface area is 182 Å². The number of primary sulfonamides is 1. The van der Waals surface area contributed by atoms with Crippen LogP contribution in [0.2, 0.25) is 5.02 Å². The second kappa shape index (κ2) is 7.96. The number of rotatable bonds is 5. The lowest BCUT2D eigenvalue weighted by atomic mass is 9.88. The van der Waals surface area contributed by atoms with Crippen molar-refractivity contribution in [2.45, 2.75) is 55.5 Å². The smallest absolute Gasteiger partial charge is 0.241 e. The molecule has 2 aliphatic rings. The van der Waals surface area contributed by atoms with Crippen molar-refractivity contribution < 1.29 is 13.2 Å². The third-order valence-electron chi connectivity index (χ3n) is 6.30. The Kier molecular flexibility index (Phi) is 5.66. The number of anilines is 1. The predicted octanol–water partition coefficient (Wildman–Crippen LogP) is 3.32. The van der Waals surface area contributed by atoms with Crippen molar-refractivity contribution >= 4 is 33.2 Å². The summed E-state index contributed by atoms with van der Waals surface area (Å²) < 4.78 is 23.3. The van der Waals surface area contributed by atoms with Gasteiger partial charge in [-0.05, 0) is 67.6 Å². The standard InChI is InChI=1S/C22H26ClN3O3S/c1-15-12-16-13-19(30(24,28)29)8-9-20(16)26(15)21(27)14-25-22(10-2-3-11-22)17-4-6-18(23)7-5-17/h4-9,13,15,25H,2-3,10-12,14H2,1H3,(H2,24,28,29). The minimum absolute atomic E-state index is 0.0233. The van der Waals surface area contributed by atoms with E-state index in [-0.39, 0.29) is 28.9 Å².